The van der Waals surface area contributed by atoms with Gasteiger partial charge in [0.15, 0.2) is 5.78 Å². The molecule has 19 heavy (non-hydrogen) atoms. The molecule has 0 spiro atoms. The average molecular weight is 282 g/mol. The summed E-state index contributed by atoms with van der Waals surface area (Å²) in [6, 6.07) is 7.16. The zero-order valence-electron chi connectivity index (χ0n) is 11.8. The maximum absolute atomic E-state index is 11.8. The Morgan fingerprint density at radius 2 is 2.05 bits per heavy atom. The van der Waals surface area contributed by atoms with Crippen molar-refractivity contribution in [1.29, 1.82) is 0 Å². The lowest BCUT2D eigenvalue weighted by Gasteiger charge is -2.11. The number of Topliss-reactive ketones (excluding diaryl/α,β-unsaturated/α-hetero) is 1. The molecule has 0 aliphatic carbocycles. The topological polar surface area (TPSA) is 43.4 Å². The van der Waals surface area contributed by atoms with E-state index in [-0.39, 0.29) is 5.78 Å². The molecule has 1 aromatic rings. The van der Waals surface area contributed by atoms with Crippen LogP contribution in [0.4, 0.5) is 0 Å². The van der Waals surface area contributed by atoms with Gasteiger partial charge in [-0.2, -0.15) is 0 Å². The number of ether oxygens (including phenoxy) is 1. The fourth-order valence-electron chi connectivity index (χ4n) is 1.65. The molecule has 1 rings (SSSR count). The van der Waals surface area contributed by atoms with Crippen molar-refractivity contribution in [3.05, 3.63) is 29.8 Å². The standard InChI is InChI=1S/C15H22O3S/c1-4-12(2)11-19(17)10-9-18-15-8-6-5-7-14(15)13(3)16/h5-8,12H,4,9-11H2,1-3H3. The first kappa shape index (κ1) is 15.9. The molecular formula is C15H22O3S. The summed E-state index contributed by atoms with van der Waals surface area (Å²) in [6.45, 7) is 6.10. The van der Waals surface area contributed by atoms with Gasteiger partial charge in [0.2, 0.25) is 0 Å². The minimum Gasteiger partial charge on any atom is -0.492 e. The Bertz CT molecular complexity index is 443. The van der Waals surface area contributed by atoms with Gasteiger partial charge in [-0.15, -0.1) is 0 Å². The first-order valence-electron chi connectivity index (χ1n) is 6.62. The van der Waals surface area contributed by atoms with Gasteiger partial charge >= 0.3 is 0 Å². The van der Waals surface area contributed by atoms with Crippen molar-refractivity contribution in [2.75, 3.05) is 18.1 Å². The molecule has 106 valence electrons. The smallest absolute Gasteiger partial charge is 0.163 e. The van der Waals surface area contributed by atoms with E-state index in [1.807, 2.05) is 12.1 Å². The molecule has 0 amide bonds. The Labute approximate surface area is 117 Å². The van der Waals surface area contributed by atoms with Crippen molar-refractivity contribution in [3.63, 3.8) is 0 Å². The molecule has 0 saturated heterocycles. The zero-order valence-corrected chi connectivity index (χ0v) is 12.7. The van der Waals surface area contributed by atoms with Crippen LogP contribution in [0.3, 0.4) is 0 Å². The molecule has 0 fully saturated rings. The number of para-hydroxylation sites is 1. The normalized spacial score (nSPS) is 13.8. The molecule has 0 N–H and O–H groups in total. The Balaban J connectivity index is 2.45. The van der Waals surface area contributed by atoms with E-state index in [0.29, 0.717) is 35.3 Å². The maximum Gasteiger partial charge on any atom is 0.163 e. The van der Waals surface area contributed by atoms with Crippen LogP contribution in [0.25, 0.3) is 0 Å². The third kappa shape index (κ3) is 5.55. The first-order chi connectivity index (χ1) is 9.04. The van der Waals surface area contributed by atoms with Gasteiger partial charge in [0.25, 0.3) is 0 Å². The van der Waals surface area contributed by atoms with Gasteiger partial charge in [-0.3, -0.25) is 9.00 Å². The lowest BCUT2D eigenvalue weighted by Crippen LogP contribution is -2.15. The average Bonchev–Trinajstić information content (AvgIpc) is 2.38. The lowest BCUT2D eigenvalue weighted by molar-refractivity contribution is 0.101. The van der Waals surface area contributed by atoms with Crippen molar-refractivity contribution >= 4 is 16.6 Å². The van der Waals surface area contributed by atoms with Crippen LogP contribution in [-0.4, -0.2) is 28.1 Å². The molecule has 0 aliphatic heterocycles. The highest BCUT2D eigenvalue weighted by atomic mass is 32.2. The number of ketones is 1. The van der Waals surface area contributed by atoms with Gasteiger partial charge in [0.1, 0.15) is 5.75 Å². The van der Waals surface area contributed by atoms with E-state index in [1.165, 1.54) is 6.92 Å². The molecule has 1 aromatic carbocycles. The van der Waals surface area contributed by atoms with Gasteiger partial charge in [-0.1, -0.05) is 32.4 Å². The Morgan fingerprint density at radius 3 is 2.68 bits per heavy atom. The molecular weight excluding hydrogens is 260 g/mol. The highest BCUT2D eigenvalue weighted by Gasteiger charge is 2.09. The van der Waals surface area contributed by atoms with Crippen LogP contribution in [0.15, 0.2) is 24.3 Å². The summed E-state index contributed by atoms with van der Waals surface area (Å²) < 4.78 is 17.4. The Hall–Kier alpha value is -1.16. The molecule has 0 aromatic heterocycles. The molecule has 0 bridgehead atoms. The van der Waals surface area contributed by atoms with Gasteiger partial charge in [-0.25, -0.2) is 0 Å². The van der Waals surface area contributed by atoms with E-state index >= 15 is 0 Å². The molecule has 2 unspecified atom stereocenters. The van der Waals surface area contributed by atoms with Crippen LogP contribution in [0.5, 0.6) is 5.75 Å². The van der Waals surface area contributed by atoms with Crippen LogP contribution in [0.1, 0.15) is 37.6 Å². The minimum absolute atomic E-state index is 0.0173. The lowest BCUT2D eigenvalue weighted by atomic mass is 10.1. The van der Waals surface area contributed by atoms with E-state index in [2.05, 4.69) is 13.8 Å². The van der Waals surface area contributed by atoms with E-state index in [1.54, 1.807) is 12.1 Å². The highest BCUT2D eigenvalue weighted by molar-refractivity contribution is 7.85. The summed E-state index contributed by atoms with van der Waals surface area (Å²) >= 11 is 0. The number of hydrogen-bond acceptors (Lipinski definition) is 3. The molecule has 2 atom stereocenters. The number of rotatable bonds is 8. The second-order valence-corrected chi connectivity index (χ2v) is 6.35. The zero-order chi connectivity index (χ0) is 14.3. The SMILES string of the molecule is CCC(C)CS(=O)CCOc1ccccc1C(C)=O. The summed E-state index contributed by atoms with van der Waals surface area (Å²) in [7, 11) is -0.851. The Kier molecular flexibility index (Phi) is 6.78. The maximum atomic E-state index is 11.8. The molecule has 0 saturated carbocycles. The number of carbonyl (C=O) groups is 1. The summed E-state index contributed by atoms with van der Waals surface area (Å²) in [5, 5.41) is 0. The highest BCUT2D eigenvalue weighted by Crippen LogP contribution is 2.18. The summed E-state index contributed by atoms with van der Waals surface area (Å²) in [5.41, 5.74) is 0.579. The molecule has 0 aliphatic rings. The monoisotopic (exact) mass is 282 g/mol. The van der Waals surface area contributed by atoms with Crippen LogP contribution in [0.2, 0.25) is 0 Å². The number of carbonyl (C=O) groups excluding carboxylic acids is 1. The summed E-state index contributed by atoms with van der Waals surface area (Å²) in [4.78, 5) is 11.4. The van der Waals surface area contributed by atoms with Crippen molar-refractivity contribution in [3.8, 4) is 5.75 Å². The predicted octanol–water partition coefficient (Wildman–Crippen LogP) is 3.06. The second-order valence-electron chi connectivity index (χ2n) is 4.72. The quantitative estimate of drug-likeness (QED) is 0.688. The first-order valence-corrected chi connectivity index (χ1v) is 8.11. The fraction of sp³-hybridized carbons (Fsp3) is 0.533. The molecule has 3 nitrogen and oxygen atoms in total. The van der Waals surface area contributed by atoms with Crippen LogP contribution >= 0.6 is 0 Å². The van der Waals surface area contributed by atoms with Gasteiger partial charge in [0.05, 0.1) is 17.9 Å². The summed E-state index contributed by atoms with van der Waals surface area (Å²) in [5.74, 6) is 2.27. The molecule has 0 heterocycles. The third-order valence-corrected chi connectivity index (χ3v) is 4.57. The van der Waals surface area contributed by atoms with Gasteiger partial charge < -0.3 is 4.74 Å². The van der Waals surface area contributed by atoms with E-state index in [9.17, 15) is 9.00 Å². The number of hydrogen-bond donors (Lipinski definition) is 0. The molecule has 0 radical (unpaired) electrons. The Morgan fingerprint density at radius 1 is 1.37 bits per heavy atom. The molecule has 4 heteroatoms. The largest absolute Gasteiger partial charge is 0.492 e. The van der Waals surface area contributed by atoms with Crippen LogP contribution < -0.4 is 4.74 Å². The fourth-order valence-corrected chi connectivity index (χ4v) is 2.95. The van der Waals surface area contributed by atoms with Crippen molar-refractivity contribution < 1.29 is 13.7 Å². The summed E-state index contributed by atoms with van der Waals surface area (Å²) in [6.07, 6.45) is 1.04. The van der Waals surface area contributed by atoms with E-state index in [0.717, 1.165) is 6.42 Å². The van der Waals surface area contributed by atoms with Crippen molar-refractivity contribution in [2.24, 2.45) is 5.92 Å². The number of benzene rings is 1. The van der Waals surface area contributed by atoms with Crippen molar-refractivity contribution in [1.82, 2.24) is 0 Å². The second kappa shape index (κ2) is 8.10. The van der Waals surface area contributed by atoms with Crippen LogP contribution in [-0.2, 0) is 10.8 Å². The van der Waals surface area contributed by atoms with Crippen molar-refractivity contribution in [2.45, 2.75) is 27.2 Å². The van der Waals surface area contributed by atoms with E-state index in [4.69, 9.17) is 4.74 Å². The van der Waals surface area contributed by atoms with Gasteiger partial charge in [0, 0.05) is 16.6 Å². The third-order valence-electron chi connectivity index (χ3n) is 3.00. The predicted molar refractivity (Wildman–Crippen MR) is 79.3 cm³/mol. The van der Waals surface area contributed by atoms with Gasteiger partial charge in [-0.05, 0) is 25.0 Å². The minimum atomic E-state index is -0.851. The van der Waals surface area contributed by atoms with Crippen LogP contribution in [0, 0.1) is 5.92 Å². The van der Waals surface area contributed by atoms with E-state index < -0.39 is 10.8 Å².